The highest BCUT2D eigenvalue weighted by Crippen LogP contribution is 2.28. The van der Waals surface area contributed by atoms with Gasteiger partial charge in [-0.1, -0.05) is 24.3 Å². The van der Waals surface area contributed by atoms with Crippen molar-refractivity contribution in [2.45, 2.75) is 31.7 Å². The van der Waals surface area contributed by atoms with Crippen LogP contribution in [0.3, 0.4) is 0 Å². The maximum Gasteiger partial charge on any atom is 0.277 e. The molecule has 2 aromatic heterocycles. The number of amides is 2. The van der Waals surface area contributed by atoms with Gasteiger partial charge in [0.25, 0.3) is 17.4 Å². The Kier molecular flexibility index (Phi) is 6.01. The van der Waals surface area contributed by atoms with Gasteiger partial charge < -0.3 is 9.80 Å². The third-order valence-electron chi connectivity index (χ3n) is 7.43. The van der Waals surface area contributed by atoms with E-state index in [1.54, 1.807) is 23.1 Å². The van der Waals surface area contributed by atoms with Crippen molar-refractivity contribution in [3.8, 4) is 0 Å². The van der Waals surface area contributed by atoms with E-state index in [4.69, 9.17) is 0 Å². The van der Waals surface area contributed by atoms with Gasteiger partial charge >= 0.3 is 0 Å². The minimum Gasteiger partial charge on any atom is -0.338 e. The smallest absolute Gasteiger partial charge is 0.277 e. The third-order valence-corrected chi connectivity index (χ3v) is 7.43. The van der Waals surface area contributed by atoms with Crippen LogP contribution >= 0.6 is 0 Å². The van der Waals surface area contributed by atoms with Crippen LogP contribution in [0.1, 0.15) is 56.4 Å². The predicted octanol–water partition coefficient (Wildman–Crippen LogP) is 3.52. The molecule has 0 unspecified atom stereocenters. The van der Waals surface area contributed by atoms with Gasteiger partial charge in [-0.2, -0.15) is 0 Å². The lowest BCUT2D eigenvalue weighted by atomic mass is 9.94. The van der Waals surface area contributed by atoms with Crippen molar-refractivity contribution in [1.82, 2.24) is 24.4 Å². The van der Waals surface area contributed by atoms with Crippen molar-refractivity contribution in [3.63, 3.8) is 0 Å². The number of aromatic nitrogens is 3. The molecule has 0 spiro atoms. The molecule has 1 atom stereocenters. The first-order chi connectivity index (χ1) is 18.4. The molecule has 0 saturated carbocycles. The number of piperidine rings is 1. The fraction of sp³-hybridized carbons (Fsp3) is 0.286. The highest BCUT2D eigenvalue weighted by Gasteiger charge is 2.30. The molecule has 2 aromatic carbocycles. The lowest BCUT2D eigenvalue weighted by Gasteiger charge is -2.32. The zero-order valence-electron chi connectivity index (χ0n) is 20.5. The summed E-state index contributed by atoms with van der Waals surface area (Å²) < 4.78 is 29.7. The van der Waals surface area contributed by atoms with E-state index in [1.165, 1.54) is 39.7 Å². The van der Waals surface area contributed by atoms with Crippen molar-refractivity contribution in [1.29, 1.82) is 0 Å². The van der Waals surface area contributed by atoms with Gasteiger partial charge in [-0.05, 0) is 37.1 Å². The number of rotatable bonds is 3. The Balaban J connectivity index is 1.26. The average Bonchev–Trinajstić information content (AvgIpc) is 3.37. The SMILES string of the molecule is O=C(c1ccccc1F)N1CCc2nc3cc([C@H]4CCCN(C(=O)c5ccccc5F)C4)[nH]n3c(=O)c2C1. The van der Waals surface area contributed by atoms with E-state index in [2.05, 4.69) is 10.1 Å². The Bertz CT molecular complexity index is 1630. The van der Waals surface area contributed by atoms with Crippen LogP contribution in [0.4, 0.5) is 8.78 Å². The number of carbonyl (C=O) groups excluding carboxylic acids is 2. The van der Waals surface area contributed by atoms with Crippen molar-refractivity contribution in [2.24, 2.45) is 0 Å². The van der Waals surface area contributed by atoms with Gasteiger partial charge in [-0.15, -0.1) is 0 Å². The summed E-state index contributed by atoms with van der Waals surface area (Å²) in [5.74, 6) is -2.04. The molecule has 8 nitrogen and oxygen atoms in total. The number of hydrogen-bond acceptors (Lipinski definition) is 4. The molecule has 10 heteroatoms. The highest BCUT2D eigenvalue weighted by molar-refractivity contribution is 5.95. The maximum absolute atomic E-state index is 14.2. The fourth-order valence-corrected chi connectivity index (χ4v) is 5.41. The van der Waals surface area contributed by atoms with Crippen LogP contribution < -0.4 is 5.56 Å². The molecule has 2 aliphatic rings. The summed E-state index contributed by atoms with van der Waals surface area (Å²) in [5.41, 5.74) is 1.96. The van der Waals surface area contributed by atoms with Crippen molar-refractivity contribution >= 4 is 17.5 Å². The number of nitrogens with zero attached hydrogens (tertiary/aromatic N) is 4. The van der Waals surface area contributed by atoms with Gasteiger partial charge in [0.2, 0.25) is 0 Å². The molecular formula is C28H25F2N5O3. The number of aromatic amines is 1. The molecule has 4 heterocycles. The molecule has 1 fully saturated rings. The Hall–Kier alpha value is -4.34. The first-order valence-corrected chi connectivity index (χ1v) is 12.6. The second-order valence-electron chi connectivity index (χ2n) is 9.77. The predicted molar refractivity (Wildman–Crippen MR) is 135 cm³/mol. The summed E-state index contributed by atoms with van der Waals surface area (Å²) >= 11 is 0. The molecule has 0 aliphatic carbocycles. The maximum atomic E-state index is 14.2. The van der Waals surface area contributed by atoms with E-state index in [-0.39, 0.29) is 35.1 Å². The number of fused-ring (bicyclic) bond motifs is 2. The quantitative estimate of drug-likeness (QED) is 0.450. The lowest BCUT2D eigenvalue weighted by molar-refractivity contribution is 0.0698. The number of H-pyrrole nitrogens is 1. The second kappa shape index (κ2) is 9.51. The molecule has 2 amide bonds. The number of halogens is 2. The minimum absolute atomic E-state index is 0.0287. The zero-order chi connectivity index (χ0) is 26.4. The largest absolute Gasteiger partial charge is 0.338 e. The van der Waals surface area contributed by atoms with E-state index < -0.39 is 17.5 Å². The van der Waals surface area contributed by atoms with Gasteiger partial charge in [0.05, 0.1) is 28.9 Å². The lowest BCUT2D eigenvalue weighted by Crippen LogP contribution is -2.40. The molecule has 0 radical (unpaired) electrons. The monoisotopic (exact) mass is 517 g/mol. The van der Waals surface area contributed by atoms with Crippen LogP contribution in [-0.4, -0.2) is 55.8 Å². The number of carbonyl (C=O) groups is 2. The van der Waals surface area contributed by atoms with E-state index in [0.717, 1.165) is 18.5 Å². The fourth-order valence-electron chi connectivity index (χ4n) is 5.41. The van der Waals surface area contributed by atoms with Crippen molar-refractivity contribution < 1.29 is 18.4 Å². The Morgan fingerprint density at radius 2 is 1.58 bits per heavy atom. The summed E-state index contributed by atoms with van der Waals surface area (Å²) in [6, 6.07) is 13.6. The van der Waals surface area contributed by atoms with Gasteiger partial charge in [-0.3, -0.25) is 19.5 Å². The third kappa shape index (κ3) is 4.15. The number of hydrogen-bond donors (Lipinski definition) is 1. The Morgan fingerprint density at radius 3 is 2.26 bits per heavy atom. The van der Waals surface area contributed by atoms with Crippen LogP contribution in [0.25, 0.3) is 5.65 Å². The first-order valence-electron chi connectivity index (χ1n) is 12.6. The van der Waals surface area contributed by atoms with Gasteiger partial charge in [-0.25, -0.2) is 18.3 Å². The van der Waals surface area contributed by atoms with Gasteiger partial charge in [0.15, 0.2) is 5.65 Å². The summed E-state index contributed by atoms with van der Waals surface area (Å²) in [4.78, 5) is 47.1. The Labute approximate surface area is 216 Å². The molecule has 0 bridgehead atoms. The minimum atomic E-state index is -0.599. The molecule has 4 aromatic rings. The van der Waals surface area contributed by atoms with Gasteiger partial charge in [0, 0.05) is 43.7 Å². The number of likely N-dealkylation sites (tertiary alicyclic amines) is 1. The molecule has 1 N–H and O–H groups in total. The van der Waals surface area contributed by atoms with E-state index in [0.29, 0.717) is 43.0 Å². The molecule has 194 valence electrons. The molecule has 1 saturated heterocycles. The first kappa shape index (κ1) is 24.0. The molecular weight excluding hydrogens is 492 g/mol. The van der Waals surface area contributed by atoms with E-state index in [9.17, 15) is 23.2 Å². The van der Waals surface area contributed by atoms with Crippen LogP contribution in [0, 0.1) is 11.6 Å². The van der Waals surface area contributed by atoms with Crippen molar-refractivity contribution in [3.05, 3.63) is 105 Å². The summed E-state index contributed by atoms with van der Waals surface area (Å²) in [6.45, 7) is 1.29. The Morgan fingerprint density at radius 1 is 0.921 bits per heavy atom. The zero-order valence-corrected chi connectivity index (χ0v) is 20.5. The topological polar surface area (TPSA) is 90.8 Å². The van der Waals surface area contributed by atoms with Crippen LogP contribution in [-0.2, 0) is 13.0 Å². The number of benzene rings is 2. The number of nitrogens with one attached hydrogen (secondary N) is 1. The summed E-state index contributed by atoms with van der Waals surface area (Å²) in [5, 5.41) is 3.15. The van der Waals surface area contributed by atoms with Gasteiger partial charge in [0.1, 0.15) is 11.6 Å². The standard InChI is InChI=1S/C28H25F2N5O3/c29-21-9-3-1-7-18(21)26(36)33-12-5-6-17(15-33)24-14-25-31-23-11-13-34(16-20(23)28(38)35(25)32-24)27(37)19-8-2-4-10-22(19)30/h1-4,7-10,14,17,32H,5-6,11-13,15-16H2/t17-/m0/s1. The molecule has 6 rings (SSSR count). The summed E-state index contributed by atoms with van der Waals surface area (Å²) in [6.07, 6.45) is 1.93. The molecule has 2 aliphatic heterocycles. The van der Waals surface area contributed by atoms with Crippen LogP contribution in [0.5, 0.6) is 0 Å². The van der Waals surface area contributed by atoms with E-state index >= 15 is 0 Å². The second-order valence-corrected chi connectivity index (χ2v) is 9.77. The normalized spacial score (nSPS) is 17.5. The summed E-state index contributed by atoms with van der Waals surface area (Å²) in [7, 11) is 0. The molecule has 38 heavy (non-hydrogen) atoms. The van der Waals surface area contributed by atoms with Crippen LogP contribution in [0.15, 0.2) is 59.4 Å². The van der Waals surface area contributed by atoms with Crippen molar-refractivity contribution in [2.75, 3.05) is 19.6 Å². The van der Waals surface area contributed by atoms with Crippen LogP contribution in [0.2, 0.25) is 0 Å². The van der Waals surface area contributed by atoms with E-state index in [1.807, 2.05) is 6.07 Å². The average molecular weight is 518 g/mol. The highest BCUT2D eigenvalue weighted by atomic mass is 19.1.